The van der Waals surface area contributed by atoms with Crippen molar-refractivity contribution >= 4 is 31.9 Å². The van der Waals surface area contributed by atoms with Crippen LogP contribution >= 0.6 is 31.9 Å². The van der Waals surface area contributed by atoms with Gasteiger partial charge in [-0.3, -0.25) is 0 Å². The van der Waals surface area contributed by atoms with Crippen molar-refractivity contribution in [2.75, 3.05) is 7.11 Å². The van der Waals surface area contributed by atoms with E-state index in [4.69, 9.17) is 9.47 Å². The standard InChI is InChI=1S/C23H22Br2O3/c1-14(2)16-12-21(28-23-18(24)10-7-11-19(23)25)17(13-20(16)27-3)22(26)15-8-5-4-6-9-15/h4-14,22,26H,1-3H3. The summed E-state index contributed by atoms with van der Waals surface area (Å²) in [6.45, 7) is 4.20. The van der Waals surface area contributed by atoms with Crippen molar-refractivity contribution in [1.82, 2.24) is 0 Å². The monoisotopic (exact) mass is 504 g/mol. The molecule has 3 rings (SSSR count). The van der Waals surface area contributed by atoms with Crippen molar-refractivity contribution in [3.8, 4) is 17.2 Å². The van der Waals surface area contributed by atoms with E-state index in [1.807, 2.05) is 60.7 Å². The van der Waals surface area contributed by atoms with Gasteiger partial charge in [-0.1, -0.05) is 50.2 Å². The minimum atomic E-state index is -0.840. The van der Waals surface area contributed by atoms with E-state index in [2.05, 4.69) is 45.7 Å². The summed E-state index contributed by atoms with van der Waals surface area (Å²) in [6.07, 6.45) is -0.840. The average Bonchev–Trinajstić information content (AvgIpc) is 2.70. The third-order valence-electron chi connectivity index (χ3n) is 4.53. The van der Waals surface area contributed by atoms with Crippen molar-refractivity contribution in [3.63, 3.8) is 0 Å². The number of aliphatic hydroxyl groups is 1. The van der Waals surface area contributed by atoms with Gasteiger partial charge in [0.15, 0.2) is 5.75 Å². The number of hydrogen-bond acceptors (Lipinski definition) is 3. The van der Waals surface area contributed by atoms with E-state index < -0.39 is 6.10 Å². The minimum Gasteiger partial charge on any atom is -0.496 e. The number of halogens is 2. The molecule has 0 spiro atoms. The average molecular weight is 506 g/mol. The SMILES string of the molecule is COc1cc(C(O)c2ccccc2)c(Oc2c(Br)cccc2Br)cc1C(C)C. The molecule has 0 aliphatic heterocycles. The summed E-state index contributed by atoms with van der Waals surface area (Å²) in [6, 6.07) is 19.1. The van der Waals surface area contributed by atoms with Crippen molar-refractivity contribution in [2.24, 2.45) is 0 Å². The Bertz CT molecular complexity index is 935. The molecule has 5 heteroatoms. The van der Waals surface area contributed by atoms with Gasteiger partial charge in [0, 0.05) is 11.1 Å². The molecule has 146 valence electrons. The number of hydrogen-bond donors (Lipinski definition) is 1. The van der Waals surface area contributed by atoms with Gasteiger partial charge in [-0.05, 0) is 67.6 Å². The molecule has 1 N–H and O–H groups in total. The van der Waals surface area contributed by atoms with Gasteiger partial charge < -0.3 is 14.6 Å². The summed E-state index contributed by atoms with van der Waals surface area (Å²) in [5, 5.41) is 11.1. The molecule has 0 amide bonds. The number of aliphatic hydroxyl groups excluding tert-OH is 1. The van der Waals surface area contributed by atoms with E-state index in [1.54, 1.807) is 7.11 Å². The van der Waals surface area contributed by atoms with Crippen LogP contribution < -0.4 is 9.47 Å². The zero-order chi connectivity index (χ0) is 20.3. The Morgan fingerprint density at radius 3 is 2.00 bits per heavy atom. The number of methoxy groups -OCH3 is 1. The van der Waals surface area contributed by atoms with Crippen LogP contribution in [0.4, 0.5) is 0 Å². The molecule has 0 heterocycles. The molecule has 0 fully saturated rings. The Hall–Kier alpha value is -1.82. The van der Waals surface area contributed by atoms with Gasteiger partial charge in [-0.15, -0.1) is 0 Å². The Morgan fingerprint density at radius 2 is 1.43 bits per heavy atom. The maximum Gasteiger partial charge on any atom is 0.155 e. The predicted molar refractivity (Wildman–Crippen MR) is 120 cm³/mol. The Labute approximate surface area is 182 Å². The largest absolute Gasteiger partial charge is 0.496 e. The van der Waals surface area contributed by atoms with E-state index in [1.165, 1.54) is 0 Å². The highest BCUT2D eigenvalue weighted by molar-refractivity contribution is 9.11. The van der Waals surface area contributed by atoms with Crippen molar-refractivity contribution in [1.29, 1.82) is 0 Å². The van der Waals surface area contributed by atoms with Crippen LogP contribution in [0.3, 0.4) is 0 Å². The third kappa shape index (κ3) is 4.43. The fourth-order valence-electron chi connectivity index (χ4n) is 3.03. The highest BCUT2D eigenvalue weighted by Gasteiger charge is 2.22. The van der Waals surface area contributed by atoms with Crippen LogP contribution in [0, 0.1) is 0 Å². The molecule has 0 aliphatic rings. The molecule has 28 heavy (non-hydrogen) atoms. The van der Waals surface area contributed by atoms with Crippen LogP contribution in [-0.2, 0) is 0 Å². The lowest BCUT2D eigenvalue weighted by Gasteiger charge is -2.22. The molecule has 0 saturated heterocycles. The topological polar surface area (TPSA) is 38.7 Å². The van der Waals surface area contributed by atoms with Crippen LogP contribution in [-0.4, -0.2) is 12.2 Å². The molecule has 0 aliphatic carbocycles. The van der Waals surface area contributed by atoms with Gasteiger partial charge >= 0.3 is 0 Å². The van der Waals surface area contributed by atoms with Gasteiger partial charge in [0.05, 0.1) is 16.1 Å². The van der Waals surface area contributed by atoms with Crippen LogP contribution in [0.25, 0.3) is 0 Å². The summed E-state index contributed by atoms with van der Waals surface area (Å²) >= 11 is 7.09. The van der Waals surface area contributed by atoms with E-state index >= 15 is 0 Å². The Balaban J connectivity index is 2.16. The summed E-state index contributed by atoms with van der Waals surface area (Å²) in [5.41, 5.74) is 2.46. The van der Waals surface area contributed by atoms with E-state index in [0.717, 1.165) is 25.8 Å². The third-order valence-corrected chi connectivity index (χ3v) is 5.77. The zero-order valence-corrected chi connectivity index (χ0v) is 19.1. The van der Waals surface area contributed by atoms with Gasteiger partial charge in [-0.25, -0.2) is 0 Å². The molecular formula is C23H22Br2O3. The first-order valence-corrected chi connectivity index (χ1v) is 10.6. The molecule has 3 aromatic rings. The van der Waals surface area contributed by atoms with Crippen molar-refractivity contribution in [2.45, 2.75) is 25.9 Å². The lowest BCUT2D eigenvalue weighted by molar-refractivity contribution is 0.215. The summed E-state index contributed by atoms with van der Waals surface area (Å²) in [4.78, 5) is 0. The Morgan fingerprint density at radius 1 is 0.821 bits per heavy atom. The lowest BCUT2D eigenvalue weighted by atomic mass is 9.95. The van der Waals surface area contributed by atoms with Crippen molar-refractivity contribution in [3.05, 3.63) is 86.3 Å². The quantitative estimate of drug-likeness (QED) is 0.384. The lowest BCUT2D eigenvalue weighted by Crippen LogP contribution is -2.05. The first-order valence-electron chi connectivity index (χ1n) is 8.99. The maximum atomic E-state index is 11.1. The molecular weight excluding hydrogens is 484 g/mol. The molecule has 0 bridgehead atoms. The highest BCUT2D eigenvalue weighted by atomic mass is 79.9. The molecule has 1 unspecified atom stereocenters. The van der Waals surface area contributed by atoms with E-state index in [0.29, 0.717) is 17.1 Å². The second-order valence-corrected chi connectivity index (χ2v) is 8.46. The zero-order valence-electron chi connectivity index (χ0n) is 15.9. The molecule has 1 atom stereocenters. The van der Waals surface area contributed by atoms with Gasteiger partial charge in [0.2, 0.25) is 0 Å². The number of benzene rings is 3. The van der Waals surface area contributed by atoms with Crippen LogP contribution in [0.5, 0.6) is 17.2 Å². The summed E-state index contributed by atoms with van der Waals surface area (Å²) in [7, 11) is 1.64. The van der Waals surface area contributed by atoms with Crippen LogP contribution in [0.1, 0.15) is 42.6 Å². The van der Waals surface area contributed by atoms with Gasteiger partial charge in [0.25, 0.3) is 0 Å². The smallest absolute Gasteiger partial charge is 0.155 e. The number of ether oxygens (including phenoxy) is 2. The fourth-order valence-corrected chi connectivity index (χ4v) is 4.19. The molecule has 0 radical (unpaired) electrons. The van der Waals surface area contributed by atoms with Gasteiger partial charge in [-0.2, -0.15) is 0 Å². The first-order chi connectivity index (χ1) is 13.4. The van der Waals surface area contributed by atoms with Crippen LogP contribution in [0.15, 0.2) is 69.6 Å². The highest BCUT2D eigenvalue weighted by Crippen LogP contribution is 2.43. The van der Waals surface area contributed by atoms with E-state index in [-0.39, 0.29) is 5.92 Å². The van der Waals surface area contributed by atoms with Crippen molar-refractivity contribution < 1.29 is 14.6 Å². The molecule has 3 aromatic carbocycles. The first kappa shape index (κ1) is 20.9. The van der Waals surface area contributed by atoms with Gasteiger partial charge in [0.1, 0.15) is 17.6 Å². The summed E-state index contributed by atoms with van der Waals surface area (Å²) < 4.78 is 13.5. The second-order valence-electron chi connectivity index (χ2n) is 6.75. The molecule has 0 saturated carbocycles. The van der Waals surface area contributed by atoms with E-state index in [9.17, 15) is 5.11 Å². The minimum absolute atomic E-state index is 0.239. The normalized spacial score (nSPS) is 12.1. The number of para-hydroxylation sites is 1. The second kappa shape index (κ2) is 9.12. The Kier molecular flexibility index (Phi) is 6.81. The molecule has 3 nitrogen and oxygen atoms in total. The predicted octanol–water partition coefficient (Wildman–Crippen LogP) is 7.22. The maximum absolute atomic E-state index is 11.1. The number of rotatable bonds is 6. The fraction of sp³-hybridized carbons (Fsp3) is 0.217. The summed E-state index contributed by atoms with van der Waals surface area (Å²) in [5.74, 6) is 2.22. The molecule has 0 aromatic heterocycles. The van der Waals surface area contributed by atoms with Crippen LogP contribution in [0.2, 0.25) is 0 Å².